The standard InChI is InChI=1S/C24H25F3N2O3/c1-2-29(22(32)15-7-8-15)13-16-11-17(24(25,26)27)9-10-18(16)23(12-21(30)31)14-28-20-6-4-3-5-19(20)23/h3-6,9-11,15,28H,2,7-8,12-14H2,1H3,(H,30,31). The molecule has 0 radical (unpaired) electrons. The number of carbonyl (C=O) groups is 2. The van der Waals surface area contributed by atoms with Crippen molar-refractivity contribution in [3.63, 3.8) is 0 Å². The highest BCUT2D eigenvalue weighted by atomic mass is 19.4. The normalized spacial score (nSPS) is 19.9. The molecule has 1 saturated carbocycles. The average Bonchev–Trinajstić information content (AvgIpc) is 3.54. The van der Waals surface area contributed by atoms with E-state index in [4.69, 9.17) is 0 Å². The summed E-state index contributed by atoms with van der Waals surface area (Å²) < 4.78 is 40.7. The Morgan fingerprint density at radius 2 is 1.88 bits per heavy atom. The van der Waals surface area contributed by atoms with Crippen LogP contribution in [0.3, 0.4) is 0 Å². The molecule has 1 unspecified atom stereocenters. The van der Waals surface area contributed by atoms with Gasteiger partial charge in [0.05, 0.1) is 17.4 Å². The molecule has 0 aromatic heterocycles. The van der Waals surface area contributed by atoms with Crippen LogP contribution in [0, 0.1) is 5.92 Å². The molecule has 1 fully saturated rings. The largest absolute Gasteiger partial charge is 0.481 e. The van der Waals surface area contributed by atoms with Crippen LogP contribution in [0.2, 0.25) is 0 Å². The van der Waals surface area contributed by atoms with Crippen molar-refractivity contribution < 1.29 is 27.9 Å². The number of aliphatic carboxylic acids is 1. The van der Waals surface area contributed by atoms with E-state index in [0.717, 1.165) is 36.2 Å². The van der Waals surface area contributed by atoms with Crippen LogP contribution in [-0.2, 0) is 27.7 Å². The quantitative estimate of drug-likeness (QED) is 0.650. The minimum atomic E-state index is -4.55. The average molecular weight is 446 g/mol. The zero-order chi connectivity index (χ0) is 23.1. The molecule has 4 rings (SSSR count). The number of nitrogens with one attached hydrogen (secondary N) is 1. The first-order chi connectivity index (χ1) is 15.2. The first-order valence-electron chi connectivity index (χ1n) is 10.7. The summed E-state index contributed by atoms with van der Waals surface area (Å²) in [6, 6.07) is 10.7. The Morgan fingerprint density at radius 1 is 1.16 bits per heavy atom. The van der Waals surface area contributed by atoms with Crippen LogP contribution >= 0.6 is 0 Å². The predicted molar refractivity (Wildman–Crippen MR) is 113 cm³/mol. The second kappa shape index (κ2) is 8.15. The van der Waals surface area contributed by atoms with E-state index >= 15 is 0 Å². The zero-order valence-electron chi connectivity index (χ0n) is 17.7. The lowest BCUT2D eigenvalue weighted by Gasteiger charge is -2.33. The van der Waals surface area contributed by atoms with Crippen molar-refractivity contribution >= 4 is 17.6 Å². The number of nitrogens with zero attached hydrogens (tertiary/aromatic N) is 1. The lowest BCUT2D eigenvalue weighted by atomic mass is 9.71. The van der Waals surface area contributed by atoms with Gasteiger partial charge in [0.25, 0.3) is 0 Å². The third-order valence-corrected chi connectivity index (χ3v) is 6.41. The lowest BCUT2D eigenvalue weighted by Crippen LogP contribution is -2.37. The Morgan fingerprint density at radius 3 is 2.50 bits per heavy atom. The van der Waals surface area contributed by atoms with Gasteiger partial charge in [-0.1, -0.05) is 24.3 Å². The summed E-state index contributed by atoms with van der Waals surface area (Å²) in [6.07, 6.45) is -3.23. The molecule has 1 amide bonds. The van der Waals surface area contributed by atoms with E-state index in [0.29, 0.717) is 17.7 Å². The number of carbonyl (C=O) groups excluding carboxylic acids is 1. The van der Waals surface area contributed by atoms with Crippen molar-refractivity contribution in [3.8, 4) is 0 Å². The van der Waals surface area contributed by atoms with Gasteiger partial charge in [-0.15, -0.1) is 0 Å². The molecule has 170 valence electrons. The molecule has 1 atom stereocenters. The number of halogens is 3. The van der Waals surface area contributed by atoms with Crippen LogP contribution in [0.1, 0.15) is 48.4 Å². The van der Waals surface area contributed by atoms with E-state index in [1.807, 2.05) is 18.2 Å². The highest BCUT2D eigenvalue weighted by Gasteiger charge is 2.45. The number of para-hydroxylation sites is 1. The SMILES string of the molecule is CCN(Cc1cc(C(F)(F)F)ccc1C1(CC(=O)O)CNc2ccccc21)C(=O)C1CC1. The minimum Gasteiger partial charge on any atom is -0.481 e. The number of anilines is 1. The first kappa shape index (κ1) is 22.2. The summed E-state index contributed by atoms with van der Waals surface area (Å²) in [4.78, 5) is 26.2. The van der Waals surface area contributed by atoms with Gasteiger partial charge in [0, 0.05) is 31.2 Å². The molecule has 2 aliphatic rings. The number of amides is 1. The molecular formula is C24H25F3N2O3. The first-order valence-corrected chi connectivity index (χ1v) is 10.7. The van der Waals surface area contributed by atoms with E-state index in [9.17, 15) is 27.9 Å². The van der Waals surface area contributed by atoms with Crippen LogP contribution in [-0.4, -0.2) is 35.0 Å². The Bertz CT molecular complexity index is 1050. The number of alkyl halides is 3. The molecule has 0 saturated heterocycles. The summed E-state index contributed by atoms with van der Waals surface area (Å²) in [7, 11) is 0. The van der Waals surface area contributed by atoms with Gasteiger partial charge in [-0.25, -0.2) is 0 Å². The highest BCUT2D eigenvalue weighted by Crippen LogP contribution is 2.46. The second-order valence-electron chi connectivity index (χ2n) is 8.55. The molecule has 0 spiro atoms. The molecule has 1 aliphatic heterocycles. The lowest BCUT2D eigenvalue weighted by molar-refractivity contribution is -0.139. The van der Waals surface area contributed by atoms with Gasteiger partial charge < -0.3 is 15.3 Å². The molecule has 2 aromatic carbocycles. The van der Waals surface area contributed by atoms with Gasteiger partial charge in [-0.05, 0) is 54.7 Å². The van der Waals surface area contributed by atoms with Gasteiger partial charge in [0.15, 0.2) is 0 Å². The monoisotopic (exact) mass is 446 g/mol. The number of fused-ring (bicyclic) bond motifs is 1. The maximum atomic E-state index is 13.6. The van der Waals surface area contributed by atoms with Gasteiger partial charge in [0.2, 0.25) is 5.91 Å². The van der Waals surface area contributed by atoms with Crippen LogP contribution in [0.25, 0.3) is 0 Å². The van der Waals surface area contributed by atoms with Crippen molar-refractivity contribution in [1.29, 1.82) is 0 Å². The number of hydrogen-bond acceptors (Lipinski definition) is 3. The van der Waals surface area contributed by atoms with E-state index in [1.165, 1.54) is 6.07 Å². The number of carboxylic acid groups (broad SMARTS) is 1. The third-order valence-electron chi connectivity index (χ3n) is 6.41. The van der Waals surface area contributed by atoms with Crippen LogP contribution in [0.15, 0.2) is 42.5 Å². The summed E-state index contributed by atoms with van der Waals surface area (Å²) in [6.45, 7) is 2.42. The second-order valence-corrected chi connectivity index (χ2v) is 8.55. The Labute approximate surface area is 184 Å². The van der Waals surface area contributed by atoms with Crippen molar-refractivity contribution in [1.82, 2.24) is 4.90 Å². The van der Waals surface area contributed by atoms with Crippen LogP contribution in [0.4, 0.5) is 18.9 Å². The van der Waals surface area contributed by atoms with Gasteiger partial charge in [0.1, 0.15) is 0 Å². The third kappa shape index (κ3) is 4.06. The van der Waals surface area contributed by atoms with E-state index in [2.05, 4.69) is 5.32 Å². The molecular weight excluding hydrogens is 421 g/mol. The molecule has 2 N–H and O–H groups in total. The van der Waals surface area contributed by atoms with E-state index in [1.54, 1.807) is 17.9 Å². The fourth-order valence-electron chi connectivity index (χ4n) is 4.65. The smallest absolute Gasteiger partial charge is 0.416 e. The summed E-state index contributed by atoms with van der Waals surface area (Å²) in [5.74, 6) is -1.17. The maximum absolute atomic E-state index is 13.6. The Hall–Kier alpha value is -3.03. The predicted octanol–water partition coefficient (Wildman–Crippen LogP) is 4.65. The van der Waals surface area contributed by atoms with Gasteiger partial charge >= 0.3 is 12.1 Å². The van der Waals surface area contributed by atoms with Crippen LogP contribution in [0.5, 0.6) is 0 Å². The molecule has 8 heteroatoms. The summed E-state index contributed by atoms with van der Waals surface area (Å²) in [5.41, 5.74) is 0.490. The number of benzene rings is 2. The Balaban J connectivity index is 1.86. The van der Waals surface area contributed by atoms with E-state index < -0.39 is 23.1 Å². The summed E-state index contributed by atoms with van der Waals surface area (Å²) in [5, 5.41) is 12.9. The fraction of sp³-hybridized carbons (Fsp3) is 0.417. The zero-order valence-corrected chi connectivity index (χ0v) is 17.7. The molecule has 1 heterocycles. The number of rotatable bonds is 7. The van der Waals surface area contributed by atoms with Gasteiger partial charge in [-0.2, -0.15) is 13.2 Å². The highest BCUT2D eigenvalue weighted by molar-refractivity contribution is 5.81. The molecule has 2 aromatic rings. The summed E-state index contributed by atoms with van der Waals surface area (Å²) >= 11 is 0. The van der Waals surface area contributed by atoms with Crippen molar-refractivity contribution in [3.05, 3.63) is 64.7 Å². The molecule has 0 bridgehead atoms. The minimum absolute atomic E-state index is 0.00855. The fourth-order valence-corrected chi connectivity index (χ4v) is 4.65. The van der Waals surface area contributed by atoms with E-state index in [-0.39, 0.29) is 31.3 Å². The molecule has 5 nitrogen and oxygen atoms in total. The maximum Gasteiger partial charge on any atom is 0.416 e. The number of carboxylic acids is 1. The molecule has 1 aliphatic carbocycles. The van der Waals surface area contributed by atoms with Crippen molar-refractivity contribution in [2.45, 2.75) is 44.3 Å². The van der Waals surface area contributed by atoms with Gasteiger partial charge in [-0.3, -0.25) is 9.59 Å². The van der Waals surface area contributed by atoms with Crippen molar-refractivity contribution in [2.24, 2.45) is 5.92 Å². The topological polar surface area (TPSA) is 69.6 Å². The van der Waals surface area contributed by atoms with Crippen LogP contribution < -0.4 is 5.32 Å². The Kier molecular flexibility index (Phi) is 5.65. The number of hydrogen-bond donors (Lipinski definition) is 2. The van der Waals surface area contributed by atoms with Crippen molar-refractivity contribution in [2.75, 3.05) is 18.4 Å². The molecule has 32 heavy (non-hydrogen) atoms.